The van der Waals surface area contributed by atoms with Gasteiger partial charge in [0.05, 0.1) is 14.6 Å². The summed E-state index contributed by atoms with van der Waals surface area (Å²) >= 11 is 0. The van der Waals surface area contributed by atoms with Crippen molar-refractivity contribution in [2.24, 2.45) is 0 Å². The Morgan fingerprint density at radius 3 is 1.68 bits per heavy atom. The Hall–Kier alpha value is -3.21. The van der Waals surface area contributed by atoms with Crippen molar-refractivity contribution in [1.82, 2.24) is 4.31 Å². The zero-order valence-electron chi connectivity index (χ0n) is 18.4. The molecule has 31 heavy (non-hydrogen) atoms. The maximum Gasteiger partial charge on any atom is 0.106 e. The molecule has 0 aliphatic carbocycles. The first-order valence-corrected chi connectivity index (χ1v) is 11.4. The molecule has 4 heteroatoms. The summed E-state index contributed by atoms with van der Waals surface area (Å²) in [6.07, 6.45) is 0. The van der Waals surface area contributed by atoms with Gasteiger partial charge in [0.1, 0.15) is 6.79 Å². The van der Waals surface area contributed by atoms with Gasteiger partial charge in [-0.1, -0.05) is 66.7 Å². The molecule has 3 nitrogen and oxygen atoms in total. The molecular formula is C27H29NO2S. The van der Waals surface area contributed by atoms with Gasteiger partial charge in [-0.2, -0.15) is 0 Å². The number of nitrogens with zero attached hydrogens (tertiary/aromatic N) is 1. The number of benzene rings is 4. The minimum absolute atomic E-state index is 0.783. The van der Waals surface area contributed by atoms with Crippen LogP contribution in [0, 0.1) is 6.92 Å². The Balaban J connectivity index is 0.000000807. The molecule has 0 saturated heterocycles. The van der Waals surface area contributed by atoms with Crippen LogP contribution < -0.4 is 0 Å². The molecule has 0 bridgehead atoms. The molecule has 0 fully saturated rings. The lowest BCUT2D eigenvalue weighted by Gasteiger charge is -2.23. The van der Waals surface area contributed by atoms with Gasteiger partial charge >= 0.3 is 0 Å². The van der Waals surface area contributed by atoms with E-state index < -0.39 is 9.71 Å². The topological polar surface area (TPSA) is 37.4 Å². The molecule has 1 unspecified atom stereocenters. The molecule has 4 rings (SSSR count). The molecule has 0 aromatic heterocycles. The van der Waals surface area contributed by atoms with E-state index in [9.17, 15) is 4.21 Å². The third-order valence-electron chi connectivity index (χ3n) is 5.21. The van der Waals surface area contributed by atoms with Gasteiger partial charge in [0.25, 0.3) is 0 Å². The fraction of sp³-hybridized carbons (Fsp3) is 0.111. The van der Waals surface area contributed by atoms with Crippen LogP contribution in [-0.2, 0) is 14.5 Å². The monoisotopic (exact) mass is 431 g/mol. The molecule has 4 aromatic rings. The summed E-state index contributed by atoms with van der Waals surface area (Å²) in [6, 6.07) is 25.0. The van der Waals surface area contributed by atoms with E-state index in [0.29, 0.717) is 0 Å². The van der Waals surface area contributed by atoms with E-state index in [-0.39, 0.29) is 0 Å². The van der Waals surface area contributed by atoms with Crippen LogP contribution in [0.4, 0.5) is 0 Å². The lowest BCUT2D eigenvalue weighted by Crippen LogP contribution is -2.22. The van der Waals surface area contributed by atoms with Crippen LogP contribution in [-0.4, -0.2) is 35.3 Å². The summed E-state index contributed by atoms with van der Waals surface area (Å²) < 4.78 is 15.3. The van der Waals surface area contributed by atoms with E-state index in [4.69, 9.17) is 4.79 Å². The molecule has 4 aromatic carbocycles. The van der Waals surface area contributed by atoms with Crippen LogP contribution in [0.25, 0.3) is 32.7 Å². The highest BCUT2D eigenvalue weighted by Gasteiger charge is 2.21. The highest BCUT2D eigenvalue weighted by atomic mass is 32.2. The minimum Gasteiger partial charge on any atom is -0.307 e. The van der Waals surface area contributed by atoms with Gasteiger partial charge in [-0.3, -0.25) is 0 Å². The molecule has 0 radical (unpaired) electrons. The summed E-state index contributed by atoms with van der Waals surface area (Å²) in [4.78, 5) is 8.78. The molecular weight excluding hydrogens is 402 g/mol. The van der Waals surface area contributed by atoms with Crippen molar-refractivity contribution >= 4 is 43.9 Å². The van der Waals surface area contributed by atoms with Crippen LogP contribution in [0.2, 0.25) is 0 Å². The van der Waals surface area contributed by atoms with Crippen molar-refractivity contribution in [3.05, 3.63) is 91.5 Å². The first kappa shape index (κ1) is 24.1. The van der Waals surface area contributed by atoms with Crippen molar-refractivity contribution in [2.75, 3.05) is 14.1 Å². The van der Waals surface area contributed by atoms with E-state index in [2.05, 4.69) is 74.5 Å². The number of fused-ring (bicyclic) bond motifs is 2. The summed E-state index contributed by atoms with van der Waals surface area (Å²) in [6.45, 7) is 10.1. The van der Waals surface area contributed by atoms with Gasteiger partial charge in [0.2, 0.25) is 0 Å². The summed E-state index contributed by atoms with van der Waals surface area (Å²) in [5.74, 6) is 4.10. The summed E-state index contributed by atoms with van der Waals surface area (Å²) in [5.41, 5.74) is 3.33. The molecule has 0 heterocycles. The Bertz CT molecular complexity index is 1310. The quantitative estimate of drug-likeness (QED) is 0.289. The molecule has 0 saturated carbocycles. The molecule has 0 N–H and O–H groups in total. The van der Waals surface area contributed by atoms with Gasteiger partial charge < -0.3 is 4.79 Å². The number of hydrogen-bond acceptors (Lipinski definition) is 2. The van der Waals surface area contributed by atoms with E-state index in [1.807, 2.05) is 45.1 Å². The SMILES string of the molecule is C=C.C=O.C=S(=O)(c1ccc2ccccc2c1-c1c(C)ccc2ccccc12)N(C)C. The highest BCUT2D eigenvalue weighted by Crippen LogP contribution is 2.41. The second-order valence-electron chi connectivity index (χ2n) is 7.09. The Morgan fingerprint density at radius 2 is 1.16 bits per heavy atom. The molecule has 0 aliphatic rings. The number of carbonyl (C=O) groups is 1. The molecule has 160 valence electrons. The molecule has 0 spiro atoms. The van der Waals surface area contributed by atoms with Crippen LogP contribution in [0.5, 0.6) is 0 Å². The number of rotatable bonds is 3. The summed E-state index contributed by atoms with van der Waals surface area (Å²) in [7, 11) is 1.05. The van der Waals surface area contributed by atoms with Crippen molar-refractivity contribution in [2.45, 2.75) is 11.8 Å². The lowest BCUT2D eigenvalue weighted by molar-refractivity contribution is -0.0979. The maximum atomic E-state index is 13.6. The fourth-order valence-electron chi connectivity index (χ4n) is 3.68. The van der Waals surface area contributed by atoms with Crippen molar-refractivity contribution < 1.29 is 9.00 Å². The van der Waals surface area contributed by atoms with E-state index in [0.717, 1.165) is 26.8 Å². The Morgan fingerprint density at radius 1 is 0.710 bits per heavy atom. The minimum atomic E-state index is -2.60. The van der Waals surface area contributed by atoms with Gasteiger partial charge in [0, 0.05) is 5.56 Å². The maximum absolute atomic E-state index is 13.6. The number of carbonyl (C=O) groups excluding carboxylic acids is 1. The van der Waals surface area contributed by atoms with Crippen LogP contribution >= 0.6 is 0 Å². The van der Waals surface area contributed by atoms with Gasteiger partial charge in [-0.25, -0.2) is 8.51 Å². The second-order valence-corrected chi connectivity index (χ2v) is 9.54. The van der Waals surface area contributed by atoms with E-state index >= 15 is 0 Å². The van der Waals surface area contributed by atoms with Crippen molar-refractivity contribution in [3.63, 3.8) is 0 Å². The zero-order chi connectivity index (χ0) is 23.2. The molecule has 0 amide bonds. The third kappa shape index (κ3) is 4.46. The van der Waals surface area contributed by atoms with E-state index in [1.54, 1.807) is 4.31 Å². The second kappa shape index (κ2) is 10.2. The highest BCUT2D eigenvalue weighted by molar-refractivity contribution is 7.98. The fourth-order valence-corrected chi connectivity index (χ4v) is 4.89. The third-order valence-corrected chi connectivity index (χ3v) is 7.42. The number of aryl methyl sites for hydroxylation is 1. The first-order valence-electron chi connectivity index (χ1n) is 9.75. The Kier molecular flexibility index (Phi) is 7.92. The predicted octanol–water partition coefficient (Wildman–Crippen LogP) is 6.14. The Labute approximate surface area is 185 Å². The lowest BCUT2D eigenvalue weighted by atomic mass is 9.90. The average molecular weight is 432 g/mol. The van der Waals surface area contributed by atoms with Gasteiger partial charge in [0.15, 0.2) is 0 Å². The standard InChI is InChI=1S/C24H23NOS.C2H4.CH2O/c1-17-13-14-18-9-5-7-11-20(18)23(17)24-21-12-8-6-10-19(21)15-16-22(24)27(4,26)25(2)3;2*1-2/h5-16H,4H2,1-3H3;1-2H2;1H2. The van der Waals surface area contributed by atoms with Crippen LogP contribution in [0.3, 0.4) is 0 Å². The number of hydrogen-bond donors (Lipinski definition) is 0. The largest absolute Gasteiger partial charge is 0.307 e. The first-order chi connectivity index (χ1) is 14.9. The van der Waals surface area contributed by atoms with Gasteiger partial charge in [-0.15, -0.1) is 13.2 Å². The normalized spacial score (nSPS) is 12.4. The van der Waals surface area contributed by atoms with Crippen LogP contribution in [0.15, 0.2) is 90.8 Å². The predicted molar refractivity (Wildman–Crippen MR) is 137 cm³/mol. The van der Waals surface area contributed by atoms with E-state index in [1.165, 1.54) is 16.3 Å². The van der Waals surface area contributed by atoms with Crippen LogP contribution in [0.1, 0.15) is 5.56 Å². The smallest absolute Gasteiger partial charge is 0.106 e. The summed E-state index contributed by atoms with van der Waals surface area (Å²) in [5, 5.41) is 4.59. The van der Waals surface area contributed by atoms with Crippen molar-refractivity contribution in [3.8, 4) is 11.1 Å². The van der Waals surface area contributed by atoms with Crippen molar-refractivity contribution in [1.29, 1.82) is 0 Å². The zero-order valence-corrected chi connectivity index (χ0v) is 19.2. The van der Waals surface area contributed by atoms with Gasteiger partial charge in [-0.05, 0) is 65.6 Å². The molecule has 0 aliphatic heterocycles. The average Bonchev–Trinajstić information content (AvgIpc) is 2.81. The molecule has 1 atom stereocenters.